The average Bonchev–Trinajstić information content (AvgIpc) is 3.63. The van der Waals surface area contributed by atoms with Crippen LogP contribution in [0.5, 0.6) is 11.5 Å². The molecule has 0 radical (unpaired) electrons. The number of alkyl halides is 2. The number of benzene rings is 2. The average molecular weight is 701 g/mol. The van der Waals surface area contributed by atoms with Gasteiger partial charge in [0, 0.05) is 64.1 Å². The van der Waals surface area contributed by atoms with E-state index in [9.17, 15) is 18.0 Å². The van der Waals surface area contributed by atoms with E-state index < -0.39 is 45.4 Å². The molecular formula is C35H42F2N4O7S. The van der Waals surface area contributed by atoms with Gasteiger partial charge in [0.25, 0.3) is 5.92 Å². The summed E-state index contributed by atoms with van der Waals surface area (Å²) in [5, 5.41) is 0. The number of piperidine rings is 2. The van der Waals surface area contributed by atoms with Gasteiger partial charge in [-0.05, 0) is 68.7 Å². The Kier molecular flexibility index (Phi) is 8.33. The number of carbonyl (C=O) groups is 2. The maximum atomic E-state index is 15.3. The zero-order chi connectivity index (χ0) is 34.9. The van der Waals surface area contributed by atoms with Gasteiger partial charge in [-0.3, -0.25) is 4.79 Å². The van der Waals surface area contributed by atoms with Crippen LogP contribution in [0.15, 0.2) is 58.5 Å². The van der Waals surface area contributed by atoms with Gasteiger partial charge in [-0.1, -0.05) is 12.1 Å². The lowest BCUT2D eigenvalue weighted by atomic mass is 9.80. The number of amides is 2. The SMILES string of the molecule is CC(C(=O)N1CC2=C(C1)CN(S(=O)(=O)c1ccc3c(c1)OCCO3)C2)c1cccc(N2CC3CN(C(=O)OC(C)(C)C)CC(C2)C3(F)F)c1. The topological polar surface area (TPSA) is 109 Å². The maximum absolute atomic E-state index is 15.3. The third kappa shape index (κ3) is 6.33. The van der Waals surface area contributed by atoms with E-state index >= 15 is 8.78 Å². The number of hydrogen-bond donors (Lipinski definition) is 0. The number of fused-ring (bicyclic) bond motifs is 3. The Bertz CT molecular complexity index is 1770. The predicted octanol–water partition coefficient (Wildman–Crippen LogP) is 4.34. The van der Waals surface area contributed by atoms with Gasteiger partial charge in [-0.25, -0.2) is 22.0 Å². The van der Waals surface area contributed by atoms with Crippen molar-refractivity contribution in [3.05, 3.63) is 59.2 Å². The minimum Gasteiger partial charge on any atom is -0.486 e. The maximum Gasteiger partial charge on any atom is 0.410 e. The summed E-state index contributed by atoms with van der Waals surface area (Å²) in [6, 6.07) is 12.1. The molecule has 7 rings (SSSR count). The van der Waals surface area contributed by atoms with Crippen molar-refractivity contribution in [2.75, 3.05) is 70.5 Å². The van der Waals surface area contributed by atoms with E-state index in [1.807, 2.05) is 36.1 Å². The summed E-state index contributed by atoms with van der Waals surface area (Å²) in [4.78, 5) is 31.7. The van der Waals surface area contributed by atoms with Crippen molar-refractivity contribution >= 4 is 27.7 Å². The molecule has 2 fully saturated rings. The van der Waals surface area contributed by atoms with E-state index in [0.29, 0.717) is 37.8 Å². The van der Waals surface area contributed by atoms with Gasteiger partial charge in [0.1, 0.15) is 18.8 Å². The molecule has 3 unspecified atom stereocenters. The lowest BCUT2D eigenvalue weighted by Gasteiger charge is -2.51. The molecule has 5 aliphatic heterocycles. The monoisotopic (exact) mass is 700 g/mol. The highest BCUT2D eigenvalue weighted by molar-refractivity contribution is 7.89. The summed E-state index contributed by atoms with van der Waals surface area (Å²) in [7, 11) is -3.78. The van der Waals surface area contributed by atoms with Crippen LogP contribution >= 0.6 is 0 Å². The summed E-state index contributed by atoms with van der Waals surface area (Å²) in [6.45, 7) is 8.96. The van der Waals surface area contributed by atoms with Crippen molar-refractivity contribution in [2.24, 2.45) is 11.8 Å². The van der Waals surface area contributed by atoms with Crippen LogP contribution in [0, 0.1) is 11.8 Å². The summed E-state index contributed by atoms with van der Waals surface area (Å²) in [6.07, 6.45) is -0.572. The quantitative estimate of drug-likeness (QED) is 0.424. The van der Waals surface area contributed by atoms with Crippen LogP contribution in [0.2, 0.25) is 0 Å². The van der Waals surface area contributed by atoms with Gasteiger partial charge < -0.3 is 28.9 Å². The molecule has 2 saturated heterocycles. The second-order valence-electron chi connectivity index (χ2n) is 14.7. The Morgan fingerprint density at radius 2 is 1.51 bits per heavy atom. The first-order valence-corrected chi connectivity index (χ1v) is 18.1. The fourth-order valence-electron chi connectivity index (χ4n) is 7.45. The molecule has 2 aromatic carbocycles. The van der Waals surface area contributed by atoms with E-state index in [2.05, 4.69) is 0 Å². The predicted molar refractivity (Wildman–Crippen MR) is 177 cm³/mol. The summed E-state index contributed by atoms with van der Waals surface area (Å²) in [5.41, 5.74) is 2.67. The van der Waals surface area contributed by atoms with Crippen molar-refractivity contribution in [3.63, 3.8) is 0 Å². The summed E-state index contributed by atoms with van der Waals surface area (Å²) in [5.74, 6) is -4.65. The molecule has 2 amide bonds. The summed E-state index contributed by atoms with van der Waals surface area (Å²) >= 11 is 0. The molecule has 0 spiro atoms. The van der Waals surface area contributed by atoms with Gasteiger partial charge in [0.15, 0.2) is 11.5 Å². The standard InChI is InChI=1S/C35H42F2N4O7S/c1-22(23-6-5-7-28(12-23)38-18-26-20-40(33(43)48-34(2,3)4)21-27(19-38)35(26,36)37)32(42)39-14-24-16-41(17-25(24)15-39)49(44,45)29-8-9-30-31(13-29)47-11-10-46-30/h5-9,12-13,22,26-27H,10-11,14-21H2,1-4H3. The normalized spacial score (nSPS) is 24.2. The second kappa shape index (κ2) is 12.1. The van der Waals surface area contributed by atoms with Gasteiger partial charge >= 0.3 is 6.09 Å². The second-order valence-corrected chi connectivity index (χ2v) is 16.6. The Labute approximate surface area is 285 Å². The minimum atomic E-state index is -3.78. The Morgan fingerprint density at radius 3 is 2.14 bits per heavy atom. The largest absolute Gasteiger partial charge is 0.486 e. The molecule has 0 aromatic heterocycles. The third-order valence-corrected chi connectivity index (χ3v) is 11.9. The number of hydrogen-bond acceptors (Lipinski definition) is 8. The Morgan fingerprint density at radius 1 is 0.878 bits per heavy atom. The van der Waals surface area contributed by atoms with Crippen LogP contribution in [-0.2, 0) is 19.6 Å². The molecule has 0 saturated carbocycles. The van der Waals surface area contributed by atoms with E-state index in [-0.39, 0.29) is 50.1 Å². The zero-order valence-electron chi connectivity index (χ0n) is 28.2. The molecule has 14 heteroatoms. The van der Waals surface area contributed by atoms with Crippen molar-refractivity contribution < 1.29 is 41.0 Å². The number of rotatable bonds is 5. The zero-order valence-corrected chi connectivity index (χ0v) is 29.0. The molecule has 5 heterocycles. The number of carbonyl (C=O) groups excluding carboxylic acids is 2. The number of halogens is 2. The number of ether oxygens (including phenoxy) is 3. The molecule has 49 heavy (non-hydrogen) atoms. The van der Waals surface area contributed by atoms with E-state index in [0.717, 1.165) is 22.4 Å². The van der Waals surface area contributed by atoms with Crippen molar-refractivity contribution in [1.29, 1.82) is 0 Å². The molecule has 0 N–H and O–H groups in total. The van der Waals surface area contributed by atoms with E-state index in [1.165, 1.54) is 21.3 Å². The molecular weight excluding hydrogens is 658 g/mol. The lowest BCUT2D eigenvalue weighted by Crippen LogP contribution is -2.64. The van der Waals surface area contributed by atoms with Crippen LogP contribution in [0.1, 0.15) is 39.2 Å². The van der Waals surface area contributed by atoms with Crippen LogP contribution in [0.3, 0.4) is 0 Å². The molecule has 0 aliphatic carbocycles. The van der Waals surface area contributed by atoms with Crippen molar-refractivity contribution in [1.82, 2.24) is 14.1 Å². The van der Waals surface area contributed by atoms with Crippen LogP contribution < -0.4 is 14.4 Å². The minimum absolute atomic E-state index is 0.0724. The van der Waals surface area contributed by atoms with Crippen molar-refractivity contribution in [3.8, 4) is 11.5 Å². The van der Waals surface area contributed by atoms with Gasteiger partial charge in [0.2, 0.25) is 15.9 Å². The van der Waals surface area contributed by atoms with Gasteiger partial charge in [-0.15, -0.1) is 0 Å². The fraction of sp³-hybridized carbons (Fsp3) is 0.543. The highest BCUT2D eigenvalue weighted by Crippen LogP contribution is 2.44. The number of anilines is 1. The first-order chi connectivity index (χ1) is 23.1. The number of likely N-dealkylation sites (tertiary alicyclic amines) is 1. The van der Waals surface area contributed by atoms with Crippen LogP contribution in [-0.4, -0.2) is 112 Å². The molecule has 3 atom stereocenters. The van der Waals surface area contributed by atoms with E-state index in [4.69, 9.17) is 14.2 Å². The lowest BCUT2D eigenvalue weighted by molar-refractivity contribution is -0.154. The Balaban J connectivity index is 0.978. The Hall–Kier alpha value is -3.91. The van der Waals surface area contributed by atoms with E-state index in [1.54, 1.807) is 31.7 Å². The first kappa shape index (κ1) is 33.6. The highest BCUT2D eigenvalue weighted by atomic mass is 32.2. The molecule has 11 nitrogen and oxygen atoms in total. The molecule has 264 valence electrons. The number of nitrogens with zero attached hydrogens (tertiary/aromatic N) is 4. The molecule has 2 aromatic rings. The number of sulfonamides is 1. The van der Waals surface area contributed by atoms with Gasteiger partial charge in [-0.2, -0.15) is 4.31 Å². The molecule has 5 aliphatic rings. The molecule has 2 bridgehead atoms. The highest BCUT2D eigenvalue weighted by Gasteiger charge is 2.56. The first-order valence-electron chi connectivity index (χ1n) is 16.7. The smallest absolute Gasteiger partial charge is 0.410 e. The van der Waals surface area contributed by atoms with Crippen molar-refractivity contribution in [2.45, 2.75) is 50.0 Å². The summed E-state index contributed by atoms with van der Waals surface area (Å²) < 4.78 is 75.5. The van der Waals surface area contributed by atoms with Crippen LogP contribution in [0.25, 0.3) is 0 Å². The third-order valence-electron chi connectivity index (χ3n) is 10.1. The van der Waals surface area contributed by atoms with Gasteiger partial charge in [0.05, 0.1) is 22.6 Å². The fourth-order valence-corrected chi connectivity index (χ4v) is 8.89. The van der Waals surface area contributed by atoms with Crippen LogP contribution in [0.4, 0.5) is 19.3 Å².